The summed E-state index contributed by atoms with van der Waals surface area (Å²) in [6, 6.07) is 9.95. The van der Waals surface area contributed by atoms with E-state index in [0.717, 1.165) is 10.2 Å². The summed E-state index contributed by atoms with van der Waals surface area (Å²) in [5.74, 6) is -2.36. The van der Waals surface area contributed by atoms with E-state index in [0.29, 0.717) is 11.3 Å². The molecule has 0 atom stereocenters. The molecule has 1 N–H and O–H groups in total. The molecule has 144 valence electrons. The Balaban J connectivity index is 1.76. The maximum absolute atomic E-state index is 13.0. The Hall–Kier alpha value is -3.75. The highest BCUT2D eigenvalue weighted by Gasteiger charge is 2.15. The van der Waals surface area contributed by atoms with Crippen molar-refractivity contribution in [2.75, 3.05) is 12.4 Å². The lowest BCUT2D eigenvalue weighted by Crippen LogP contribution is -2.26. The van der Waals surface area contributed by atoms with E-state index < -0.39 is 30.0 Å². The number of aryl methyl sites for hydroxylation is 1. The Morgan fingerprint density at radius 3 is 2.61 bits per heavy atom. The van der Waals surface area contributed by atoms with Crippen molar-refractivity contribution in [3.05, 3.63) is 70.0 Å². The lowest BCUT2D eigenvalue weighted by molar-refractivity contribution is -0.117. The van der Waals surface area contributed by atoms with Gasteiger partial charge in [0.05, 0.1) is 12.7 Å². The van der Waals surface area contributed by atoms with Crippen LogP contribution in [0.5, 0.6) is 0 Å². The van der Waals surface area contributed by atoms with Crippen LogP contribution in [-0.2, 0) is 16.1 Å². The highest BCUT2D eigenvalue weighted by Crippen LogP contribution is 2.18. The first-order chi connectivity index (χ1) is 13.4. The van der Waals surface area contributed by atoms with Crippen molar-refractivity contribution >= 4 is 17.6 Å². The highest BCUT2D eigenvalue weighted by molar-refractivity contribution is 5.95. The van der Waals surface area contributed by atoms with E-state index in [1.54, 1.807) is 19.1 Å². The van der Waals surface area contributed by atoms with Crippen LogP contribution >= 0.6 is 0 Å². The van der Waals surface area contributed by atoms with E-state index in [1.165, 1.54) is 37.4 Å². The summed E-state index contributed by atoms with van der Waals surface area (Å²) >= 11 is 0. The molecule has 2 aromatic carbocycles. The molecule has 0 radical (unpaired) electrons. The van der Waals surface area contributed by atoms with Crippen LogP contribution < -0.4 is 11.1 Å². The number of rotatable bonds is 5. The molecule has 3 rings (SSSR count). The first-order valence-corrected chi connectivity index (χ1v) is 8.20. The zero-order valence-electron chi connectivity index (χ0n) is 15.1. The monoisotopic (exact) mass is 385 g/mol. The fourth-order valence-corrected chi connectivity index (χ4v) is 2.44. The quantitative estimate of drug-likeness (QED) is 0.677. The summed E-state index contributed by atoms with van der Waals surface area (Å²) in [6.07, 6.45) is 0. The number of esters is 1. The number of amides is 1. The maximum atomic E-state index is 13.0. The van der Waals surface area contributed by atoms with Crippen LogP contribution in [0.4, 0.5) is 10.1 Å². The van der Waals surface area contributed by atoms with Crippen LogP contribution in [0.2, 0.25) is 0 Å². The molecular weight excluding hydrogens is 369 g/mol. The third-order valence-corrected chi connectivity index (χ3v) is 3.92. The molecule has 1 heterocycles. The Morgan fingerprint density at radius 2 is 1.93 bits per heavy atom. The van der Waals surface area contributed by atoms with Crippen molar-refractivity contribution in [3.8, 4) is 11.5 Å². The van der Waals surface area contributed by atoms with Gasteiger partial charge in [0.1, 0.15) is 12.4 Å². The normalized spacial score (nSPS) is 10.5. The predicted molar refractivity (Wildman–Crippen MR) is 97.3 cm³/mol. The standard InChI is InChI=1S/C19H16FN3O5/c1-11-3-4-13(18(25)27-2)9-15(11)21-16(24)10-23-19(26)28-17(22-23)12-5-7-14(20)8-6-12/h3-9H,10H2,1-2H3,(H,21,24). The minimum absolute atomic E-state index is 0.0262. The Labute approximate surface area is 158 Å². The number of carbonyl (C=O) groups is 2. The van der Waals surface area contributed by atoms with Gasteiger partial charge in [-0.3, -0.25) is 4.79 Å². The number of nitrogens with one attached hydrogen (secondary N) is 1. The van der Waals surface area contributed by atoms with Gasteiger partial charge >= 0.3 is 11.7 Å². The summed E-state index contributed by atoms with van der Waals surface area (Å²) in [6.45, 7) is 1.36. The fraction of sp³-hybridized carbons (Fsp3) is 0.158. The number of methoxy groups -OCH3 is 1. The minimum atomic E-state index is -0.825. The number of carbonyl (C=O) groups excluding carboxylic acids is 2. The zero-order chi connectivity index (χ0) is 20.3. The van der Waals surface area contributed by atoms with Crippen LogP contribution in [0.15, 0.2) is 51.7 Å². The Bertz CT molecular complexity index is 1090. The number of hydrogen-bond acceptors (Lipinski definition) is 6. The number of benzene rings is 2. The van der Waals surface area contributed by atoms with E-state index in [-0.39, 0.29) is 11.5 Å². The average Bonchev–Trinajstić information content (AvgIpc) is 3.03. The van der Waals surface area contributed by atoms with E-state index in [2.05, 4.69) is 15.2 Å². The lowest BCUT2D eigenvalue weighted by atomic mass is 10.1. The molecule has 8 nitrogen and oxygen atoms in total. The number of nitrogens with zero attached hydrogens (tertiary/aromatic N) is 2. The molecule has 0 saturated heterocycles. The molecule has 0 saturated carbocycles. The van der Waals surface area contributed by atoms with Gasteiger partial charge in [-0.25, -0.2) is 14.0 Å². The second-order valence-electron chi connectivity index (χ2n) is 5.91. The largest absolute Gasteiger partial charge is 0.465 e. The summed E-state index contributed by atoms with van der Waals surface area (Å²) in [5, 5.41) is 6.58. The Kier molecular flexibility index (Phi) is 5.35. The number of ether oxygens (including phenoxy) is 1. The first kappa shape index (κ1) is 19.0. The van der Waals surface area contributed by atoms with Gasteiger partial charge < -0.3 is 14.5 Å². The average molecular weight is 385 g/mol. The Morgan fingerprint density at radius 1 is 1.21 bits per heavy atom. The summed E-state index contributed by atoms with van der Waals surface area (Å²) in [4.78, 5) is 35.9. The van der Waals surface area contributed by atoms with Gasteiger partial charge in [0, 0.05) is 11.3 Å². The molecule has 0 spiro atoms. The van der Waals surface area contributed by atoms with Gasteiger partial charge in [-0.2, -0.15) is 4.68 Å². The molecule has 28 heavy (non-hydrogen) atoms. The van der Waals surface area contributed by atoms with E-state index >= 15 is 0 Å². The molecular formula is C19H16FN3O5. The molecule has 0 bridgehead atoms. The number of aromatic nitrogens is 2. The molecule has 0 unspecified atom stereocenters. The smallest absolute Gasteiger partial charge is 0.437 e. The SMILES string of the molecule is COC(=O)c1ccc(C)c(NC(=O)Cn2nc(-c3ccc(F)cc3)oc2=O)c1. The van der Waals surface area contributed by atoms with Gasteiger partial charge in [-0.1, -0.05) is 6.07 Å². The summed E-state index contributed by atoms with van der Waals surface area (Å²) < 4.78 is 23.5. The number of halogens is 1. The van der Waals surface area contributed by atoms with Gasteiger partial charge in [-0.05, 0) is 48.9 Å². The number of hydrogen-bond donors (Lipinski definition) is 1. The third kappa shape index (κ3) is 4.14. The van der Waals surface area contributed by atoms with Gasteiger partial charge in [0.2, 0.25) is 11.8 Å². The molecule has 1 aromatic heterocycles. The van der Waals surface area contributed by atoms with Crippen molar-refractivity contribution in [3.63, 3.8) is 0 Å². The van der Waals surface area contributed by atoms with Crippen molar-refractivity contribution < 1.29 is 23.1 Å². The molecule has 0 fully saturated rings. The highest BCUT2D eigenvalue weighted by atomic mass is 19.1. The van der Waals surface area contributed by atoms with Crippen molar-refractivity contribution in [2.24, 2.45) is 0 Å². The van der Waals surface area contributed by atoms with Crippen LogP contribution in [-0.4, -0.2) is 28.8 Å². The minimum Gasteiger partial charge on any atom is -0.465 e. The van der Waals surface area contributed by atoms with Crippen molar-refractivity contribution in [1.82, 2.24) is 9.78 Å². The molecule has 1 amide bonds. The second-order valence-corrected chi connectivity index (χ2v) is 5.91. The van der Waals surface area contributed by atoms with Crippen molar-refractivity contribution in [2.45, 2.75) is 13.5 Å². The van der Waals surface area contributed by atoms with Gasteiger partial charge in [0.25, 0.3) is 0 Å². The van der Waals surface area contributed by atoms with Gasteiger partial charge in [0.15, 0.2) is 0 Å². The van der Waals surface area contributed by atoms with Crippen LogP contribution in [0.25, 0.3) is 11.5 Å². The van der Waals surface area contributed by atoms with E-state index in [4.69, 9.17) is 4.42 Å². The van der Waals surface area contributed by atoms with E-state index in [1.807, 2.05) is 0 Å². The molecule has 3 aromatic rings. The molecule has 0 aliphatic heterocycles. The summed E-state index contributed by atoms with van der Waals surface area (Å²) in [5.41, 5.74) is 1.81. The summed E-state index contributed by atoms with van der Waals surface area (Å²) in [7, 11) is 1.26. The van der Waals surface area contributed by atoms with Gasteiger partial charge in [-0.15, -0.1) is 5.10 Å². The zero-order valence-corrected chi connectivity index (χ0v) is 15.1. The van der Waals surface area contributed by atoms with Crippen LogP contribution in [0.1, 0.15) is 15.9 Å². The second kappa shape index (κ2) is 7.87. The first-order valence-electron chi connectivity index (χ1n) is 8.20. The maximum Gasteiger partial charge on any atom is 0.437 e. The topological polar surface area (TPSA) is 103 Å². The number of anilines is 1. The lowest BCUT2D eigenvalue weighted by Gasteiger charge is -2.09. The molecule has 0 aliphatic rings. The third-order valence-electron chi connectivity index (χ3n) is 3.92. The van der Waals surface area contributed by atoms with Crippen molar-refractivity contribution in [1.29, 1.82) is 0 Å². The van der Waals surface area contributed by atoms with E-state index in [9.17, 15) is 18.8 Å². The fourth-order valence-electron chi connectivity index (χ4n) is 2.44. The molecule has 9 heteroatoms. The molecule has 0 aliphatic carbocycles. The predicted octanol–water partition coefficient (Wildman–Crippen LogP) is 2.38. The van der Waals surface area contributed by atoms with Crippen LogP contribution in [0, 0.1) is 12.7 Å². The van der Waals surface area contributed by atoms with Crippen LogP contribution in [0.3, 0.4) is 0 Å².